The Morgan fingerprint density at radius 3 is 2.52 bits per heavy atom. The van der Waals surface area contributed by atoms with Crippen LogP contribution >= 0.6 is 31.9 Å². The molecule has 1 aromatic rings. The average Bonchev–Trinajstić information content (AvgIpc) is 2.48. The third kappa shape index (κ3) is 5.53. The predicted molar refractivity (Wildman–Crippen MR) is 92.0 cm³/mol. The van der Waals surface area contributed by atoms with Crippen LogP contribution in [0.1, 0.15) is 12.0 Å². The Morgan fingerprint density at radius 1 is 1.24 bits per heavy atom. The minimum absolute atomic E-state index is 0.839. The van der Waals surface area contributed by atoms with Crippen LogP contribution in [0.25, 0.3) is 0 Å². The molecule has 1 aliphatic rings. The Kier molecular flexibility index (Phi) is 7.46. The summed E-state index contributed by atoms with van der Waals surface area (Å²) in [7, 11) is 1.68. The van der Waals surface area contributed by atoms with Gasteiger partial charge in [-0.05, 0) is 69.1 Å². The minimum atomic E-state index is 0.839. The van der Waals surface area contributed by atoms with E-state index in [1.165, 1.54) is 12.0 Å². The Hall–Kier alpha value is -0.140. The van der Waals surface area contributed by atoms with Crippen molar-refractivity contribution in [2.45, 2.75) is 13.0 Å². The summed E-state index contributed by atoms with van der Waals surface area (Å²) in [6.45, 7) is 6.93. The van der Waals surface area contributed by atoms with Gasteiger partial charge in [0.05, 0.1) is 29.3 Å². The number of methoxy groups -OCH3 is 1. The first-order valence-corrected chi connectivity index (χ1v) is 8.82. The van der Waals surface area contributed by atoms with E-state index in [-0.39, 0.29) is 0 Å². The van der Waals surface area contributed by atoms with E-state index >= 15 is 0 Å². The molecular formula is C15H22Br2N2O2. The first-order chi connectivity index (χ1) is 10.2. The van der Waals surface area contributed by atoms with Gasteiger partial charge in [0.15, 0.2) is 0 Å². The van der Waals surface area contributed by atoms with Gasteiger partial charge in [0.25, 0.3) is 0 Å². The van der Waals surface area contributed by atoms with E-state index in [2.05, 4.69) is 54.2 Å². The molecule has 0 bridgehead atoms. The largest absolute Gasteiger partial charge is 0.494 e. The van der Waals surface area contributed by atoms with Gasteiger partial charge in [-0.2, -0.15) is 0 Å². The van der Waals surface area contributed by atoms with Crippen molar-refractivity contribution >= 4 is 31.9 Å². The summed E-state index contributed by atoms with van der Waals surface area (Å²) in [5.41, 5.74) is 1.24. The molecule has 2 rings (SSSR count). The first kappa shape index (κ1) is 17.2. The number of hydrogen-bond donors (Lipinski definition) is 1. The Balaban J connectivity index is 1.68. The number of halogens is 2. The second-order valence-corrected chi connectivity index (χ2v) is 6.79. The Bertz CT molecular complexity index is 428. The van der Waals surface area contributed by atoms with Crippen molar-refractivity contribution < 1.29 is 9.47 Å². The first-order valence-electron chi connectivity index (χ1n) is 7.23. The molecule has 0 aliphatic carbocycles. The van der Waals surface area contributed by atoms with Crippen molar-refractivity contribution in [3.8, 4) is 5.75 Å². The van der Waals surface area contributed by atoms with Gasteiger partial charge in [-0.25, -0.2) is 0 Å². The maximum absolute atomic E-state index is 5.35. The molecule has 1 aliphatic heterocycles. The molecule has 6 heteroatoms. The van der Waals surface area contributed by atoms with Crippen LogP contribution in [0.3, 0.4) is 0 Å². The fourth-order valence-corrected chi connectivity index (χ4v) is 4.00. The monoisotopic (exact) mass is 420 g/mol. The molecule has 1 aromatic carbocycles. The lowest BCUT2D eigenvalue weighted by Gasteiger charge is -2.26. The fourth-order valence-electron chi connectivity index (χ4n) is 2.39. The van der Waals surface area contributed by atoms with Gasteiger partial charge >= 0.3 is 0 Å². The highest BCUT2D eigenvalue weighted by Crippen LogP contribution is 2.34. The molecule has 21 heavy (non-hydrogen) atoms. The van der Waals surface area contributed by atoms with E-state index < -0.39 is 0 Å². The van der Waals surface area contributed by atoms with Crippen molar-refractivity contribution in [1.29, 1.82) is 0 Å². The van der Waals surface area contributed by atoms with Gasteiger partial charge in [-0.3, -0.25) is 4.90 Å². The summed E-state index contributed by atoms with van der Waals surface area (Å²) in [5, 5.41) is 3.49. The van der Waals surface area contributed by atoms with Crippen LogP contribution in [0.2, 0.25) is 0 Å². The molecule has 118 valence electrons. The van der Waals surface area contributed by atoms with Crippen LogP contribution in [0.15, 0.2) is 21.1 Å². The number of rotatable bonds is 7. The highest BCUT2D eigenvalue weighted by molar-refractivity contribution is 9.11. The van der Waals surface area contributed by atoms with Gasteiger partial charge in [0.1, 0.15) is 5.75 Å². The second-order valence-electron chi connectivity index (χ2n) is 5.08. The topological polar surface area (TPSA) is 33.7 Å². The summed E-state index contributed by atoms with van der Waals surface area (Å²) >= 11 is 7.06. The highest BCUT2D eigenvalue weighted by Gasteiger charge is 2.09. The Morgan fingerprint density at radius 2 is 1.90 bits per heavy atom. The molecule has 1 saturated heterocycles. The lowest BCUT2D eigenvalue weighted by atomic mass is 10.2. The van der Waals surface area contributed by atoms with Crippen molar-refractivity contribution in [2.75, 3.05) is 46.5 Å². The van der Waals surface area contributed by atoms with E-state index in [0.717, 1.165) is 60.6 Å². The molecule has 1 N–H and O–H groups in total. The summed E-state index contributed by atoms with van der Waals surface area (Å²) in [6.07, 6.45) is 1.17. The predicted octanol–water partition coefficient (Wildman–Crippen LogP) is 3.03. The minimum Gasteiger partial charge on any atom is -0.494 e. The summed E-state index contributed by atoms with van der Waals surface area (Å²) in [5.74, 6) is 0.839. The van der Waals surface area contributed by atoms with Crippen molar-refractivity contribution in [3.05, 3.63) is 26.6 Å². The molecule has 0 radical (unpaired) electrons. The van der Waals surface area contributed by atoms with E-state index in [1.54, 1.807) is 7.11 Å². The molecule has 4 nitrogen and oxygen atoms in total. The SMILES string of the molecule is COc1c(Br)cc(CNCCCN2CCOCC2)cc1Br. The van der Waals surface area contributed by atoms with Gasteiger partial charge in [0.2, 0.25) is 0 Å². The van der Waals surface area contributed by atoms with Crippen LogP contribution in [-0.4, -0.2) is 51.4 Å². The lowest BCUT2D eigenvalue weighted by Crippen LogP contribution is -2.37. The molecule has 0 aromatic heterocycles. The number of morpholine rings is 1. The van der Waals surface area contributed by atoms with E-state index in [1.807, 2.05) is 0 Å². The lowest BCUT2D eigenvalue weighted by molar-refractivity contribution is 0.0374. The molecule has 0 saturated carbocycles. The third-order valence-corrected chi connectivity index (χ3v) is 4.70. The molecule has 0 atom stereocenters. The number of benzene rings is 1. The van der Waals surface area contributed by atoms with Crippen molar-refractivity contribution in [1.82, 2.24) is 10.2 Å². The zero-order valence-corrected chi connectivity index (χ0v) is 15.5. The van der Waals surface area contributed by atoms with Gasteiger partial charge in [-0.15, -0.1) is 0 Å². The number of hydrogen-bond acceptors (Lipinski definition) is 4. The Labute approximate surface area is 143 Å². The standard InChI is InChI=1S/C15H22Br2N2O2/c1-20-15-13(16)9-12(10-14(15)17)11-18-3-2-4-19-5-7-21-8-6-19/h9-10,18H,2-8,11H2,1H3. The summed E-state index contributed by atoms with van der Waals surface area (Å²) < 4.78 is 12.6. The van der Waals surface area contributed by atoms with E-state index in [0.29, 0.717) is 0 Å². The summed E-state index contributed by atoms with van der Waals surface area (Å²) in [4.78, 5) is 2.46. The molecule has 1 fully saturated rings. The zero-order valence-electron chi connectivity index (χ0n) is 12.3. The third-order valence-electron chi connectivity index (χ3n) is 3.52. The van der Waals surface area contributed by atoms with E-state index in [9.17, 15) is 0 Å². The fraction of sp³-hybridized carbons (Fsp3) is 0.600. The molecule has 0 unspecified atom stereocenters. The summed E-state index contributed by atoms with van der Waals surface area (Å²) in [6, 6.07) is 4.19. The normalized spacial score (nSPS) is 16.1. The smallest absolute Gasteiger partial charge is 0.147 e. The maximum Gasteiger partial charge on any atom is 0.147 e. The number of ether oxygens (including phenoxy) is 2. The van der Waals surface area contributed by atoms with E-state index in [4.69, 9.17) is 9.47 Å². The van der Waals surface area contributed by atoms with Crippen LogP contribution in [-0.2, 0) is 11.3 Å². The van der Waals surface area contributed by atoms with Crippen LogP contribution in [0.5, 0.6) is 5.75 Å². The molecule has 1 heterocycles. The van der Waals surface area contributed by atoms with Crippen LogP contribution in [0, 0.1) is 0 Å². The van der Waals surface area contributed by atoms with Crippen molar-refractivity contribution in [2.24, 2.45) is 0 Å². The second kappa shape index (κ2) is 9.10. The molecular weight excluding hydrogens is 400 g/mol. The highest BCUT2D eigenvalue weighted by atomic mass is 79.9. The van der Waals surface area contributed by atoms with Crippen LogP contribution < -0.4 is 10.1 Å². The van der Waals surface area contributed by atoms with Gasteiger partial charge in [0, 0.05) is 19.6 Å². The van der Waals surface area contributed by atoms with Crippen LogP contribution in [0.4, 0.5) is 0 Å². The average molecular weight is 422 g/mol. The molecule has 0 amide bonds. The van der Waals surface area contributed by atoms with Crippen molar-refractivity contribution in [3.63, 3.8) is 0 Å². The zero-order chi connectivity index (χ0) is 15.1. The quantitative estimate of drug-likeness (QED) is 0.686. The maximum atomic E-state index is 5.35. The number of nitrogens with one attached hydrogen (secondary N) is 1. The van der Waals surface area contributed by atoms with Gasteiger partial charge in [-0.1, -0.05) is 0 Å². The number of nitrogens with zero attached hydrogens (tertiary/aromatic N) is 1. The van der Waals surface area contributed by atoms with Gasteiger partial charge < -0.3 is 14.8 Å². The molecule has 0 spiro atoms.